The van der Waals surface area contributed by atoms with Crippen LogP contribution in [0.1, 0.15) is 32.6 Å². The number of alkyl halides is 1. The van der Waals surface area contributed by atoms with Gasteiger partial charge in [-0.1, -0.05) is 6.08 Å². The van der Waals surface area contributed by atoms with Gasteiger partial charge in [-0.25, -0.2) is 18.7 Å². The van der Waals surface area contributed by atoms with E-state index in [9.17, 15) is 8.78 Å². The fourth-order valence-electron chi connectivity index (χ4n) is 5.11. The minimum absolute atomic E-state index is 0.0113. The monoisotopic (exact) mass is 542 g/mol. The highest BCUT2D eigenvalue weighted by Crippen LogP contribution is 2.29. The smallest absolute Gasteiger partial charge is 0.225 e. The van der Waals surface area contributed by atoms with Crippen LogP contribution in [0.4, 0.5) is 26.4 Å². The van der Waals surface area contributed by atoms with Crippen molar-refractivity contribution in [2.24, 2.45) is 17.6 Å². The van der Waals surface area contributed by atoms with Crippen LogP contribution in [0, 0.1) is 11.8 Å². The summed E-state index contributed by atoms with van der Waals surface area (Å²) in [5, 5.41) is 8.67. The molecule has 4 atom stereocenters. The molecule has 2 aliphatic rings. The molecule has 0 amide bonds. The Morgan fingerprint density at radius 3 is 2.51 bits per heavy atom. The van der Waals surface area contributed by atoms with Gasteiger partial charge in [-0.15, -0.1) is 16.8 Å². The van der Waals surface area contributed by atoms with Crippen LogP contribution in [0.15, 0.2) is 49.1 Å². The molecule has 1 unspecified atom stereocenters. The zero-order chi connectivity index (χ0) is 27.9. The summed E-state index contributed by atoms with van der Waals surface area (Å²) in [6.45, 7) is 8.35. The lowest BCUT2D eigenvalue weighted by atomic mass is 9.92. The van der Waals surface area contributed by atoms with Crippen molar-refractivity contribution in [3.05, 3.63) is 49.1 Å². The number of hydrogen-bond acceptors (Lipinski definition) is 9. The number of ether oxygens (including phenoxy) is 1. The molecule has 9 nitrogen and oxygen atoms in total. The molecule has 4 rings (SSSR count). The Hall–Kier alpha value is -3.34. The number of nitrogens with zero attached hydrogens (tertiary/aromatic N) is 7. The lowest BCUT2D eigenvalue weighted by Crippen LogP contribution is -2.39. The summed E-state index contributed by atoms with van der Waals surface area (Å²) >= 11 is 0. The number of halogens is 2. The van der Waals surface area contributed by atoms with Crippen molar-refractivity contribution in [3.63, 3.8) is 0 Å². The summed E-state index contributed by atoms with van der Waals surface area (Å²) < 4.78 is 33.7. The van der Waals surface area contributed by atoms with Crippen LogP contribution in [0.25, 0.3) is 0 Å². The molecule has 2 aliphatic heterocycles. The largest absolute Gasteiger partial charge is 0.487 e. The molecule has 2 aromatic heterocycles. The molecule has 0 bridgehead atoms. The molecule has 39 heavy (non-hydrogen) atoms. The standard InChI is InChI=1S/C28H40F2N8O/c1-5-22(29)6-7-23(30)14-21-17-38(18-25(21)31)28-32-15-24(16-33-28)39-19(2)20-10-12-37(13-11-20)27-9-8-26(34-35-27)36(3)4/h5,7-9,15-16,19-22,25H,1,6,10-14,17-18,31H2,2-4H3/b23-7+/t19-,21-,22?,25-/m0/s1. The first-order valence-corrected chi connectivity index (χ1v) is 13.6. The second-order valence-corrected chi connectivity index (χ2v) is 10.7. The quantitative estimate of drug-likeness (QED) is 0.424. The minimum Gasteiger partial charge on any atom is -0.487 e. The Morgan fingerprint density at radius 2 is 1.90 bits per heavy atom. The maximum atomic E-state index is 14.3. The zero-order valence-corrected chi connectivity index (χ0v) is 23.1. The van der Waals surface area contributed by atoms with Gasteiger partial charge in [-0.2, -0.15) is 0 Å². The van der Waals surface area contributed by atoms with Gasteiger partial charge in [0.15, 0.2) is 17.4 Å². The van der Waals surface area contributed by atoms with Gasteiger partial charge in [0.2, 0.25) is 5.95 Å². The second kappa shape index (κ2) is 13.1. The molecule has 0 aromatic carbocycles. The summed E-state index contributed by atoms with van der Waals surface area (Å²) in [5.74, 6) is 2.88. The number of piperidine rings is 1. The highest BCUT2D eigenvalue weighted by atomic mass is 19.1. The van der Waals surface area contributed by atoms with Gasteiger partial charge in [0.05, 0.1) is 24.3 Å². The lowest BCUT2D eigenvalue weighted by molar-refractivity contribution is 0.132. The van der Waals surface area contributed by atoms with Crippen LogP contribution < -0.4 is 25.2 Å². The van der Waals surface area contributed by atoms with E-state index in [4.69, 9.17) is 10.5 Å². The predicted octanol–water partition coefficient (Wildman–Crippen LogP) is 3.94. The fraction of sp³-hybridized carbons (Fsp3) is 0.571. The summed E-state index contributed by atoms with van der Waals surface area (Å²) in [6, 6.07) is 3.80. The third-order valence-electron chi connectivity index (χ3n) is 7.61. The Kier molecular flexibility index (Phi) is 9.66. The van der Waals surface area contributed by atoms with Crippen molar-refractivity contribution >= 4 is 17.6 Å². The molecule has 0 aliphatic carbocycles. The topological polar surface area (TPSA) is 96.5 Å². The molecule has 0 saturated carbocycles. The second-order valence-electron chi connectivity index (χ2n) is 10.7. The number of anilines is 3. The van der Waals surface area contributed by atoms with E-state index >= 15 is 0 Å². The number of allylic oxidation sites excluding steroid dienone is 3. The molecule has 4 heterocycles. The SMILES string of the molecule is C=CC(F)C/C=C(/F)C[C@H]1CN(c2ncc(O[C@@H](C)C3CCN(c4ccc(N(C)C)nn4)CC3)cn2)C[C@@H]1N. The highest BCUT2D eigenvalue weighted by molar-refractivity contribution is 5.44. The van der Waals surface area contributed by atoms with Crippen LogP contribution in [0.2, 0.25) is 0 Å². The van der Waals surface area contributed by atoms with Crippen molar-refractivity contribution in [2.45, 2.75) is 50.9 Å². The maximum Gasteiger partial charge on any atom is 0.225 e. The average Bonchev–Trinajstić information content (AvgIpc) is 3.31. The first-order valence-electron chi connectivity index (χ1n) is 13.6. The third kappa shape index (κ3) is 7.62. The molecule has 0 radical (unpaired) electrons. The van der Waals surface area contributed by atoms with Crippen molar-refractivity contribution in [1.29, 1.82) is 0 Å². The summed E-state index contributed by atoms with van der Waals surface area (Å²) in [7, 11) is 3.90. The summed E-state index contributed by atoms with van der Waals surface area (Å²) in [6.07, 6.45) is 6.76. The van der Waals surface area contributed by atoms with Crippen LogP contribution >= 0.6 is 0 Å². The number of aromatic nitrogens is 4. The molecule has 2 saturated heterocycles. The van der Waals surface area contributed by atoms with Crippen LogP contribution in [-0.4, -0.2) is 78.8 Å². The Bertz CT molecular complexity index is 1090. The molecule has 2 fully saturated rings. The predicted molar refractivity (Wildman–Crippen MR) is 151 cm³/mol. The van der Waals surface area contributed by atoms with Crippen LogP contribution in [-0.2, 0) is 0 Å². The van der Waals surface area contributed by atoms with E-state index < -0.39 is 6.17 Å². The van der Waals surface area contributed by atoms with E-state index in [0.717, 1.165) is 37.6 Å². The van der Waals surface area contributed by atoms with E-state index in [1.807, 2.05) is 36.0 Å². The molecule has 212 valence electrons. The third-order valence-corrected chi connectivity index (χ3v) is 7.61. The summed E-state index contributed by atoms with van der Waals surface area (Å²) in [5.41, 5.74) is 6.26. The van der Waals surface area contributed by atoms with E-state index in [-0.39, 0.29) is 36.7 Å². The van der Waals surface area contributed by atoms with Crippen molar-refractivity contribution in [1.82, 2.24) is 20.2 Å². The van der Waals surface area contributed by atoms with Gasteiger partial charge in [0.1, 0.15) is 6.17 Å². The van der Waals surface area contributed by atoms with Crippen molar-refractivity contribution < 1.29 is 13.5 Å². The number of nitrogens with two attached hydrogens (primary N) is 1. The Balaban J connectivity index is 1.24. The van der Waals surface area contributed by atoms with Crippen molar-refractivity contribution in [3.8, 4) is 5.75 Å². The Morgan fingerprint density at radius 1 is 1.18 bits per heavy atom. The zero-order valence-electron chi connectivity index (χ0n) is 23.1. The van der Waals surface area contributed by atoms with E-state index in [0.29, 0.717) is 30.7 Å². The fourth-order valence-corrected chi connectivity index (χ4v) is 5.11. The average molecular weight is 543 g/mol. The van der Waals surface area contributed by atoms with Crippen LogP contribution in [0.5, 0.6) is 5.75 Å². The molecule has 0 spiro atoms. The maximum absolute atomic E-state index is 14.3. The highest BCUT2D eigenvalue weighted by Gasteiger charge is 2.32. The van der Waals surface area contributed by atoms with Gasteiger partial charge >= 0.3 is 0 Å². The van der Waals surface area contributed by atoms with Gasteiger partial charge in [0.25, 0.3) is 0 Å². The first-order chi connectivity index (χ1) is 18.7. The van der Waals surface area contributed by atoms with Gasteiger partial charge < -0.3 is 25.2 Å². The molecular weight excluding hydrogens is 502 g/mol. The van der Waals surface area contributed by atoms with E-state index in [2.05, 4.69) is 38.6 Å². The molecule has 11 heteroatoms. The first kappa shape index (κ1) is 28.7. The van der Waals surface area contributed by atoms with Crippen molar-refractivity contribution in [2.75, 3.05) is 55.0 Å². The minimum atomic E-state index is -1.24. The summed E-state index contributed by atoms with van der Waals surface area (Å²) in [4.78, 5) is 15.1. The number of hydrogen-bond donors (Lipinski definition) is 1. The lowest BCUT2D eigenvalue weighted by Gasteiger charge is -2.35. The van der Waals surface area contributed by atoms with Crippen LogP contribution in [0.3, 0.4) is 0 Å². The normalized spacial score (nSPS) is 22.1. The van der Waals surface area contributed by atoms with E-state index in [1.165, 1.54) is 12.2 Å². The van der Waals surface area contributed by atoms with Gasteiger partial charge in [-0.05, 0) is 49.8 Å². The van der Waals surface area contributed by atoms with E-state index in [1.54, 1.807) is 12.4 Å². The van der Waals surface area contributed by atoms with Gasteiger partial charge in [-0.3, -0.25) is 0 Å². The number of rotatable bonds is 11. The van der Waals surface area contributed by atoms with Gasteiger partial charge in [0, 0.05) is 59.2 Å². The Labute approximate surface area is 229 Å². The molecule has 2 N–H and O–H groups in total. The molecular formula is C28H40F2N8O. The molecule has 2 aromatic rings.